The number of aliphatic carboxylic acids is 1. The van der Waals surface area contributed by atoms with Crippen molar-refractivity contribution < 1.29 is 23.9 Å². The van der Waals surface area contributed by atoms with Crippen molar-refractivity contribution in [2.24, 2.45) is 0 Å². The van der Waals surface area contributed by atoms with E-state index in [2.05, 4.69) is 10.3 Å². The molecule has 24 heavy (non-hydrogen) atoms. The minimum absolute atomic E-state index is 0.0108. The molecule has 3 heterocycles. The van der Waals surface area contributed by atoms with Crippen LogP contribution >= 0.6 is 11.3 Å². The number of amides is 2. The monoisotopic (exact) mass is 349 g/mol. The molecule has 126 valence electrons. The molecule has 0 aliphatic carbocycles. The second-order valence-electron chi connectivity index (χ2n) is 5.34. The largest absolute Gasteiger partial charge is 0.480 e. The van der Waals surface area contributed by atoms with E-state index in [1.54, 1.807) is 11.4 Å². The van der Waals surface area contributed by atoms with Gasteiger partial charge in [0.05, 0.1) is 18.4 Å². The summed E-state index contributed by atoms with van der Waals surface area (Å²) in [7, 11) is 0. The number of carbonyl (C=O) groups excluding carboxylic acids is 2. The first kappa shape index (κ1) is 16.2. The maximum atomic E-state index is 12.3. The van der Waals surface area contributed by atoms with E-state index in [0.29, 0.717) is 30.2 Å². The summed E-state index contributed by atoms with van der Waals surface area (Å²) < 4.78 is 4.99. The van der Waals surface area contributed by atoms with Crippen LogP contribution in [-0.4, -0.2) is 45.4 Å². The third kappa shape index (κ3) is 3.46. The Morgan fingerprint density at radius 3 is 3.00 bits per heavy atom. The molecule has 9 heteroatoms. The van der Waals surface area contributed by atoms with Crippen molar-refractivity contribution in [3.63, 3.8) is 0 Å². The van der Waals surface area contributed by atoms with Gasteiger partial charge in [-0.2, -0.15) is 0 Å². The Bertz CT molecular complexity index is 755. The lowest BCUT2D eigenvalue weighted by Crippen LogP contribution is -2.41. The maximum absolute atomic E-state index is 12.3. The number of carboxylic acid groups (broad SMARTS) is 1. The number of thiazole rings is 1. The summed E-state index contributed by atoms with van der Waals surface area (Å²) >= 11 is 1.19. The topological polar surface area (TPSA) is 113 Å². The number of nitrogens with one attached hydrogen (secondary N) is 1. The minimum Gasteiger partial charge on any atom is -0.480 e. The van der Waals surface area contributed by atoms with Gasteiger partial charge in [-0.05, 0) is 25.0 Å². The highest BCUT2D eigenvalue weighted by molar-refractivity contribution is 7.14. The summed E-state index contributed by atoms with van der Waals surface area (Å²) in [4.78, 5) is 40.8. The van der Waals surface area contributed by atoms with Crippen molar-refractivity contribution in [3.05, 3.63) is 35.2 Å². The van der Waals surface area contributed by atoms with Crippen molar-refractivity contribution in [2.45, 2.75) is 25.3 Å². The molecule has 0 spiro atoms. The van der Waals surface area contributed by atoms with Gasteiger partial charge >= 0.3 is 5.97 Å². The van der Waals surface area contributed by atoms with Gasteiger partial charge in [-0.15, -0.1) is 11.3 Å². The molecule has 8 nitrogen and oxygen atoms in total. The smallest absolute Gasteiger partial charge is 0.326 e. The number of hydrogen-bond acceptors (Lipinski definition) is 6. The van der Waals surface area contributed by atoms with Crippen LogP contribution in [0, 0.1) is 0 Å². The van der Waals surface area contributed by atoms with E-state index in [0.717, 1.165) is 0 Å². The number of nitrogens with zero attached hydrogens (tertiary/aromatic N) is 2. The van der Waals surface area contributed by atoms with Gasteiger partial charge in [-0.25, -0.2) is 9.78 Å². The molecule has 0 saturated carbocycles. The average Bonchev–Trinajstić information content (AvgIpc) is 3.28. The number of rotatable bonds is 5. The average molecular weight is 349 g/mol. The molecular weight excluding hydrogens is 334 g/mol. The molecule has 3 rings (SSSR count). The normalized spacial score (nSPS) is 17.0. The second-order valence-corrected chi connectivity index (χ2v) is 6.19. The molecule has 0 aromatic carbocycles. The van der Waals surface area contributed by atoms with Crippen molar-refractivity contribution in [3.8, 4) is 0 Å². The Morgan fingerprint density at radius 2 is 2.29 bits per heavy atom. The summed E-state index contributed by atoms with van der Waals surface area (Å²) in [6.07, 6.45) is 2.57. The molecule has 0 radical (unpaired) electrons. The Kier molecular flexibility index (Phi) is 4.61. The number of carbonyl (C=O) groups is 3. The van der Waals surface area contributed by atoms with E-state index >= 15 is 0 Å². The lowest BCUT2D eigenvalue weighted by atomic mass is 10.2. The van der Waals surface area contributed by atoms with Crippen LogP contribution in [0.2, 0.25) is 0 Å². The summed E-state index contributed by atoms with van der Waals surface area (Å²) in [5.74, 6) is -1.50. The molecule has 2 aromatic rings. The van der Waals surface area contributed by atoms with Crippen molar-refractivity contribution in [1.29, 1.82) is 0 Å². The molecule has 0 bridgehead atoms. The standard InChI is InChI=1S/C15H15N3O5S/c19-12(18-5-1-3-10(18)14(21)22)7-9-8-24-15(16-9)17-13(20)11-4-2-6-23-11/h2,4,6,8,10H,1,3,5,7H2,(H,21,22)(H,16,17,20). The van der Waals surface area contributed by atoms with Gasteiger partial charge in [-0.3, -0.25) is 14.9 Å². The van der Waals surface area contributed by atoms with Crippen LogP contribution in [0.5, 0.6) is 0 Å². The highest BCUT2D eigenvalue weighted by Gasteiger charge is 2.33. The lowest BCUT2D eigenvalue weighted by Gasteiger charge is -2.20. The first-order valence-corrected chi connectivity index (χ1v) is 8.24. The zero-order chi connectivity index (χ0) is 17.1. The second kappa shape index (κ2) is 6.83. The number of furan rings is 1. The summed E-state index contributed by atoms with van der Waals surface area (Å²) in [5.41, 5.74) is 0.496. The van der Waals surface area contributed by atoms with E-state index in [1.807, 2.05) is 0 Å². The molecule has 1 aliphatic rings. The van der Waals surface area contributed by atoms with Crippen LogP contribution in [-0.2, 0) is 16.0 Å². The zero-order valence-corrected chi connectivity index (χ0v) is 13.4. The van der Waals surface area contributed by atoms with Crippen molar-refractivity contribution in [1.82, 2.24) is 9.88 Å². The molecule has 1 saturated heterocycles. The Morgan fingerprint density at radius 1 is 1.46 bits per heavy atom. The summed E-state index contributed by atoms with van der Waals surface area (Å²) in [6, 6.07) is 2.39. The van der Waals surface area contributed by atoms with Gasteiger partial charge in [0.2, 0.25) is 5.91 Å². The Hall–Kier alpha value is -2.68. The van der Waals surface area contributed by atoms with Crippen LogP contribution in [0.25, 0.3) is 0 Å². The number of likely N-dealkylation sites (tertiary alicyclic amines) is 1. The van der Waals surface area contributed by atoms with Crippen LogP contribution in [0.4, 0.5) is 5.13 Å². The van der Waals surface area contributed by atoms with E-state index in [-0.39, 0.29) is 18.1 Å². The Labute approximate surface area is 141 Å². The van der Waals surface area contributed by atoms with Crippen LogP contribution in [0.1, 0.15) is 29.1 Å². The third-order valence-electron chi connectivity index (χ3n) is 3.71. The maximum Gasteiger partial charge on any atom is 0.326 e. The number of hydrogen-bond donors (Lipinski definition) is 2. The molecule has 1 aliphatic heterocycles. The number of aromatic nitrogens is 1. The van der Waals surface area contributed by atoms with Gasteiger partial charge < -0.3 is 14.4 Å². The minimum atomic E-state index is -0.981. The third-order valence-corrected chi connectivity index (χ3v) is 4.51. The molecular formula is C15H15N3O5S. The van der Waals surface area contributed by atoms with E-state index < -0.39 is 17.9 Å². The van der Waals surface area contributed by atoms with E-state index in [9.17, 15) is 14.4 Å². The van der Waals surface area contributed by atoms with E-state index in [4.69, 9.17) is 9.52 Å². The predicted octanol–water partition coefficient (Wildman–Crippen LogP) is 1.61. The number of carboxylic acids is 1. The molecule has 1 atom stereocenters. The van der Waals surface area contributed by atoms with Gasteiger partial charge in [0.25, 0.3) is 5.91 Å². The SMILES string of the molecule is O=C(Nc1nc(CC(=O)N2CCCC2C(=O)O)cs1)c1ccco1. The van der Waals surface area contributed by atoms with Crippen LogP contribution in [0.15, 0.2) is 28.2 Å². The zero-order valence-electron chi connectivity index (χ0n) is 12.6. The van der Waals surface area contributed by atoms with Gasteiger partial charge in [-0.1, -0.05) is 0 Å². The Balaban J connectivity index is 1.60. The lowest BCUT2D eigenvalue weighted by molar-refractivity contribution is -0.148. The first-order chi connectivity index (χ1) is 11.5. The van der Waals surface area contributed by atoms with Gasteiger partial charge in [0, 0.05) is 11.9 Å². The quantitative estimate of drug-likeness (QED) is 0.848. The highest BCUT2D eigenvalue weighted by Crippen LogP contribution is 2.21. The first-order valence-electron chi connectivity index (χ1n) is 7.36. The highest BCUT2D eigenvalue weighted by atomic mass is 32.1. The van der Waals surface area contributed by atoms with Gasteiger partial charge in [0.1, 0.15) is 6.04 Å². The predicted molar refractivity (Wildman–Crippen MR) is 84.9 cm³/mol. The van der Waals surface area contributed by atoms with Crippen molar-refractivity contribution >= 4 is 34.3 Å². The molecule has 2 N–H and O–H groups in total. The van der Waals surface area contributed by atoms with Gasteiger partial charge in [0.15, 0.2) is 10.9 Å². The summed E-state index contributed by atoms with van der Waals surface area (Å²) in [6.45, 7) is 0.446. The number of anilines is 1. The van der Waals surface area contributed by atoms with Crippen LogP contribution in [0.3, 0.4) is 0 Å². The fourth-order valence-corrected chi connectivity index (χ4v) is 3.30. The van der Waals surface area contributed by atoms with Crippen LogP contribution < -0.4 is 5.32 Å². The van der Waals surface area contributed by atoms with Crippen molar-refractivity contribution in [2.75, 3.05) is 11.9 Å². The molecule has 2 amide bonds. The molecule has 1 fully saturated rings. The fourth-order valence-electron chi connectivity index (χ4n) is 2.59. The van der Waals surface area contributed by atoms with E-state index in [1.165, 1.54) is 28.6 Å². The molecule has 1 unspecified atom stereocenters. The summed E-state index contributed by atoms with van der Waals surface area (Å²) in [5, 5.41) is 13.7. The molecule has 2 aromatic heterocycles. The fraction of sp³-hybridized carbons (Fsp3) is 0.333.